The van der Waals surface area contributed by atoms with Crippen LogP contribution >= 0.6 is 11.8 Å². The normalized spacial score (nSPS) is 15.2. The van der Waals surface area contributed by atoms with E-state index in [0.717, 1.165) is 41.6 Å². The summed E-state index contributed by atoms with van der Waals surface area (Å²) in [5.74, 6) is -0.266. The minimum Gasteiger partial charge on any atom is -0.498 e. The molecule has 2 nitrogen and oxygen atoms in total. The average Bonchev–Trinajstić information content (AvgIpc) is 2.67. The molecule has 0 saturated carbocycles. The zero-order chi connectivity index (χ0) is 19.9. The van der Waals surface area contributed by atoms with Crippen LogP contribution in [0.4, 0.5) is 14.5 Å². The minimum absolute atomic E-state index is 0.355. The lowest BCUT2D eigenvalue weighted by molar-refractivity contribution is 0.218. The molecular formula is C23H21F2NOS. The maximum Gasteiger partial charge on any atom is 0.140 e. The molecule has 5 heteroatoms. The van der Waals surface area contributed by atoms with Gasteiger partial charge in [0.05, 0.1) is 23.8 Å². The van der Waals surface area contributed by atoms with E-state index in [1.807, 2.05) is 44.2 Å². The van der Waals surface area contributed by atoms with Gasteiger partial charge in [0.1, 0.15) is 11.6 Å². The maximum atomic E-state index is 13.8. The molecule has 1 aliphatic rings. The topological polar surface area (TPSA) is 21.6 Å². The molecule has 0 unspecified atom stereocenters. The number of thioether (sulfide) groups is 1. The number of benzene rings is 2. The molecule has 28 heavy (non-hydrogen) atoms. The Morgan fingerprint density at radius 2 is 1.93 bits per heavy atom. The predicted molar refractivity (Wildman–Crippen MR) is 111 cm³/mol. The van der Waals surface area contributed by atoms with Crippen LogP contribution in [0.1, 0.15) is 25.3 Å². The van der Waals surface area contributed by atoms with Gasteiger partial charge in [-0.25, -0.2) is 13.8 Å². The Bertz CT molecular complexity index is 971. The van der Waals surface area contributed by atoms with Crippen LogP contribution < -0.4 is 0 Å². The van der Waals surface area contributed by atoms with Crippen molar-refractivity contribution in [1.82, 2.24) is 0 Å². The first-order valence-electron chi connectivity index (χ1n) is 9.10. The predicted octanol–water partition coefficient (Wildman–Crippen LogP) is 6.89. The summed E-state index contributed by atoms with van der Waals surface area (Å²) < 4.78 is 32.5. The Labute approximate surface area is 168 Å². The molecule has 0 atom stereocenters. The second-order valence-electron chi connectivity index (χ2n) is 6.31. The summed E-state index contributed by atoms with van der Waals surface area (Å²) >= 11 is 1.17. The number of aliphatic imine (C=N–C) groups is 1. The SMILES string of the molecule is CCOC1=CC(=Nc2ccc(C)cc2)C(=C=CSc2ccc(F)cc2F)CC1. The van der Waals surface area contributed by atoms with Crippen LogP contribution in [0.2, 0.25) is 0 Å². The fourth-order valence-corrected chi connectivity index (χ4v) is 3.37. The first-order valence-corrected chi connectivity index (χ1v) is 9.98. The lowest BCUT2D eigenvalue weighted by Gasteiger charge is -2.16. The molecule has 0 N–H and O–H groups in total. The summed E-state index contributed by atoms with van der Waals surface area (Å²) in [7, 11) is 0. The highest BCUT2D eigenvalue weighted by Crippen LogP contribution is 2.27. The molecule has 0 bridgehead atoms. The molecule has 0 spiro atoms. The third-order valence-electron chi connectivity index (χ3n) is 4.15. The lowest BCUT2D eigenvalue weighted by atomic mass is 9.98. The van der Waals surface area contributed by atoms with Crippen LogP contribution in [-0.4, -0.2) is 12.3 Å². The third-order valence-corrected chi connectivity index (χ3v) is 4.98. The Hall–Kier alpha value is -2.62. The van der Waals surface area contributed by atoms with Gasteiger partial charge in [-0.1, -0.05) is 29.5 Å². The van der Waals surface area contributed by atoms with Crippen molar-refractivity contribution in [1.29, 1.82) is 0 Å². The Balaban J connectivity index is 1.90. The molecule has 0 amide bonds. The maximum absolute atomic E-state index is 13.8. The summed E-state index contributed by atoms with van der Waals surface area (Å²) in [6.45, 7) is 4.60. The van der Waals surface area contributed by atoms with E-state index in [1.165, 1.54) is 29.5 Å². The first-order chi connectivity index (χ1) is 13.5. The Kier molecular flexibility index (Phi) is 6.85. The van der Waals surface area contributed by atoms with E-state index in [0.29, 0.717) is 11.5 Å². The Morgan fingerprint density at radius 3 is 2.64 bits per heavy atom. The van der Waals surface area contributed by atoms with Crippen molar-refractivity contribution in [3.05, 3.63) is 88.2 Å². The van der Waals surface area contributed by atoms with Gasteiger partial charge in [-0.3, -0.25) is 0 Å². The highest BCUT2D eigenvalue weighted by molar-refractivity contribution is 8.02. The van der Waals surface area contributed by atoms with Crippen LogP contribution in [0.3, 0.4) is 0 Å². The van der Waals surface area contributed by atoms with Crippen molar-refractivity contribution in [2.24, 2.45) is 4.99 Å². The van der Waals surface area contributed by atoms with E-state index in [2.05, 4.69) is 5.73 Å². The van der Waals surface area contributed by atoms with Gasteiger partial charge in [-0.05, 0) is 44.5 Å². The molecule has 2 aromatic rings. The molecule has 0 aliphatic heterocycles. The molecule has 0 radical (unpaired) electrons. The number of nitrogens with zero attached hydrogens (tertiary/aromatic N) is 1. The number of halogens is 2. The van der Waals surface area contributed by atoms with Gasteiger partial charge in [-0.15, -0.1) is 5.73 Å². The van der Waals surface area contributed by atoms with Crippen molar-refractivity contribution in [2.75, 3.05) is 6.61 Å². The lowest BCUT2D eigenvalue weighted by Crippen LogP contribution is -2.09. The van der Waals surface area contributed by atoms with Crippen molar-refractivity contribution in [3.8, 4) is 0 Å². The van der Waals surface area contributed by atoms with E-state index >= 15 is 0 Å². The van der Waals surface area contributed by atoms with Gasteiger partial charge in [0.2, 0.25) is 0 Å². The van der Waals surface area contributed by atoms with Crippen molar-refractivity contribution < 1.29 is 13.5 Å². The molecule has 0 aromatic heterocycles. The highest BCUT2D eigenvalue weighted by Gasteiger charge is 2.15. The molecule has 0 saturated heterocycles. The van der Waals surface area contributed by atoms with Gasteiger partial charge >= 0.3 is 0 Å². The van der Waals surface area contributed by atoms with Gasteiger partial charge in [0.15, 0.2) is 0 Å². The third kappa shape index (κ3) is 5.44. The quantitative estimate of drug-likeness (QED) is 0.405. The van der Waals surface area contributed by atoms with E-state index < -0.39 is 11.6 Å². The fourth-order valence-electron chi connectivity index (χ4n) is 2.73. The largest absolute Gasteiger partial charge is 0.498 e. The summed E-state index contributed by atoms with van der Waals surface area (Å²) in [5, 5.41) is 1.69. The molecule has 0 fully saturated rings. The average molecular weight is 397 g/mol. The smallest absolute Gasteiger partial charge is 0.140 e. The van der Waals surface area contributed by atoms with E-state index in [4.69, 9.17) is 9.73 Å². The molecular weight excluding hydrogens is 376 g/mol. The van der Waals surface area contributed by atoms with Crippen LogP contribution in [0, 0.1) is 18.6 Å². The number of aryl methyl sites for hydroxylation is 1. The van der Waals surface area contributed by atoms with E-state index in [1.54, 1.807) is 5.41 Å². The van der Waals surface area contributed by atoms with Gasteiger partial charge in [0, 0.05) is 34.4 Å². The second-order valence-corrected chi connectivity index (χ2v) is 7.22. The number of ether oxygens (including phenoxy) is 1. The standard InChI is InChI=1S/C23H21F2NOS/c1-3-27-20-10-6-17(12-13-28-23-11-7-18(24)14-21(23)25)22(15-20)26-19-8-4-16(2)5-9-19/h4-5,7-9,11,13-15H,3,6,10H2,1-2H3. The number of hydrogen-bond acceptors (Lipinski definition) is 3. The molecule has 1 aliphatic carbocycles. The second kappa shape index (κ2) is 9.54. The number of hydrogen-bond donors (Lipinski definition) is 0. The van der Waals surface area contributed by atoms with E-state index in [9.17, 15) is 8.78 Å². The fraction of sp³-hybridized carbons (Fsp3) is 0.217. The number of rotatable bonds is 5. The van der Waals surface area contributed by atoms with Crippen LogP contribution in [0.5, 0.6) is 0 Å². The summed E-state index contributed by atoms with van der Waals surface area (Å²) in [4.78, 5) is 5.09. The monoisotopic (exact) mass is 397 g/mol. The molecule has 144 valence electrons. The molecule has 0 heterocycles. The van der Waals surface area contributed by atoms with Gasteiger partial charge in [-0.2, -0.15) is 0 Å². The summed E-state index contributed by atoms with van der Waals surface area (Å²) in [6.07, 6.45) is 3.44. The minimum atomic E-state index is -0.586. The van der Waals surface area contributed by atoms with Crippen molar-refractivity contribution >= 4 is 23.2 Å². The zero-order valence-electron chi connectivity index (χ0n) is 15.8. The van der Waals surface area contributed by atoms with Crippen LogP contribution in [0.15, 0.2) is 80.9 Å². The van der Waals surface area contributed by atoms with Gasteiger partial charge in [0.25, 0.3) is 0 Å². The van der Waals surface area contributed by atoms with E-state index in [-0.39, 0.29) is 0 Å². The number of allylic oxidation sites excluding steroid dienone is 3. The van der Waals surface area contributed by atoms with Gasteiger partial charge < -0.3 is 4.74 Å². The Morgan fingerprint density at radius 1 is 1.14 bits per heavy atom. The summed E-state index contributed by atoms with van der Waals surface area (Å²) in [5.41, 5.74) is 6.96. The van der Waals surface area contributed by atoms with Crippen molar-refractivity contribution in [2.45, 2.75) is 31.6 Å². The highest BCUT2D eigenvalue weighted by atomic mass is 32.2. The summed E-state index contributed by atoms with van der Waals surface area (Å²) in [6, 6.07) is 11.5. The molecule has 3 rings (SSSR count). The van der Waals surface area contributed by atoms with Crippen LogP contribution in [0.25, 0.3) is 0 Å². The molecule has 2 aromatic carbocycles. The van der Waals surface area contributed by atoms with Crippen LogP contribution in [-0.2, 0) is 4.74 Å². The zero-order valence-corrected chi connectivity index (χ0v) is 16.7. The van der Waals surface area contributed by atoms with Crippen molar-refractivity contribution in [3.63, 3.8) is 0 Å². The first kappa shape index (κ1) is 20.1.